The molecular formula is C15H14F3N5OS. The zero-order valence-electron chi connectivity index (χ0n) is 12.9. The van der Waals surface area contributed by atoms with Crippen molar-refractivity contribution in [3.63, 3.8) is 0 Å². The third kappa shape index (κ3) is 4.02. The van der Waals surface area contributed by atoms with Crippen LogP contribution in [0, 0.1) is 0 Å². The van der Waals surface area contributed by atoms with Crippen LogP contribution in [0.25, 0.3) is 11.0 Å². The zero-order chi connectivity index (χ0) is 18.0. The molecule has 0 amide bonds. The molecule has 0 aliphatic heterocycles. The van der Waals surface area contributed by atoms with Crippen molar-refractivity contribution < 1.29 is 17.6 Å². The molecule has 0 fully saturated rings. The monoisotopic (exact) mass is 369 g/mol. The Kier molecular flexibility index (Phi) is 4.82. The molecule has 0 bridgehead atoms. The highest BCUT2D eigenvalue weighted by Crippen LogP contribution is 2.30. The van der Waals surface area contributed by atoms with Gasteiger partial charge in [0.25, 0.3) is 0 Å². The van der Waals surface area contributed by atoms with Gasteiger partial charge in [-0.25, -0.2) is 9.97 Å². The van der Waals surface area contributed by atoms with E-state index in [1.54, 1.807) is 12.5 Å². The van der Waals surface area contributed by atoms with Gasteiger partial charge < -0.3 is 15.9 Å². The zero-order valence-corrected chi connectivity index (χ0v) is 13.7. The van der Waals surface area contributed by atoms with Crippen molar-refractivity contribution in [3.8, 4) is 0 Å². The van der Waals surface area contributed by atoms with Crippen molar-refractivity contribution in [3.05, 3.63) is 41.5 Å². The number of furan rings is 1. The predicted octanol–water partition coefficient (Wildman–Crippen LogP) is 3.01. The van der Waals surface area contributed by atoms with E-state index in [1.165, 1.54) is 0 Å². The Hall–Kier alpha value is -2.33. The van der Waals surface area contributed by atoms with Crippen molar-refractivity contribution in [2.45, 2.75) is 24.3 Å². The van der Waals surface area contributed by atoms with Gasteiger partial charge >= 0.3 is 6.18 Å². The van der Waals surface area contributed by atoms with Gasteiger partial charge in [-0.2, -0.15) is 13.2 Å². The Labute approximate surface area is 144 Å². The molecule has 3 rings (SSSR count). The quantitative estimate of drug-likeness (QED) is 0.526. The van der Waals surface area contributed by atoms with Crippen LogP contribution in [0.4, 0.5) is 19.0 Å². The number of anilines is 1. The second kappa shape index (κ2) is 6.89. The molecule has 0 radical (unpaired) electrons. The number of alkyl halides is 3. The molecule has 10 heteroatoms. The number of pyridine rings is 1. The van der Waals surface area contributed by atoms with Crippen LogP contribution in [0.3, 0.4) is 0 Å². The third-order valence-electron chi connectivity index (χ3n) is 3.42. The number of fused-ring (bicyclic) bond motifs is 1. The number of aryl methyl sites for hydroxylation is 1. The summed E-state index contributed by atoms with van der Waals surface area (Å²) in [5, 5.41) is 0.872. The minimum absolute atomic E-state index is 0.0145. The fourth-order valence-corrected chi connectivity index (χ4v) is 3.05. The van der Waals surface area contributed by atoms with Crippen molar-refractivity contribution in [2.24, 2.45) is 5.73 Å². The maximum absolute atomic E-state index is 12.7. The van der Waals surface area contributed by atoms with Crippen molar-refractivity contribution >= 4 is 28.5 Å². The highest BCUT2D eigenvalue weighted by molar-refractivity contribution is 7.99. The summed E-state index contributed by atoms with van der Waals surface area (Å²) in [7, 11) is 0. The first-order valence-corrected chi connectivity index (χ1v) is 8.25. The Morgan fingerprint density at radius 3 is 2.72 bits per heavy atom. The maximum atomic E-state index is 12.7. The Balaban J connectivity index is 1.70. The second-order valence-corrected chi connectivity index (χ2v) is 6.26. The second-order valence-electron chi connectivity index (χ2n) is 5.19. The highest BCUT2D eigenvalue weighted by Gasteiger charge is 2.33. The normalized spacial score (nSPS) is 12.0. The summed E-state index contributed by atoms with van der Waals surface area (Å²) in [6.45, 7) is 0.350. The lowest BCUT2D eigenvalue weighted by Gasteiger charge is -2.08. The number of halogens is 3. The molecule has 3 aromatic rings. The third-order valence-corrected chi connectivity index (χ3v) is 4.27. The summed E-state index contributed by atoms with van der Waals surface area (Å²) in [6, 6.07) is 2.58. The van der Waals surface area contributed by atoms with Crippen LogP contribution in [-0.4, -0.2) is 20.7 Å². The largest absolute Gasteiger partial charge is 0.462 e. The predicted molar refractivity (Wildman–Crippen MR) is 87.8 cm³/mol. The average Bonchev–Trinajstić information content (AvgIpc) is 2.96. The van der Waals surface area contributed by atoms with Gasteiger partial charge in [0.2, 0.25) is 0 Å². The van der Waals surface area contributed by atoms with Crippen LogP contribution in [0.1, 0.15) is 17.0 Å². The highest BCUT2D eigenvalue weighted by atomic mass is 32.2. The first-order valence-electron chi connectivity index (χ1n) is 7.26. The molecule has 0 aromatic carbocycles. The van der Waals surface area contributed by atoms with E-state index in [1.807, 2.05) is 6.07 Å². The van der Waals surface area contributed by atoms with Gasteiger partial charge in [-0.15, -0.1) is 0 Å². The molecule has 3 heterocycles. The molecule has 0 aliphatic rings. The van der Waals surface area contributed by atoms with Gasteiger partial charge in [-0.3, -0.25) is 4.98 Å². The summed E-state index contributed by atoms with van der Waals surface area (Å²) in [5.74, 6) is 0.241. The van der Waals surface area contributed by atoms with E-state index < -0.39 is 11.9 Å². The SMILES string of the molecule is NCc1coc2cnc(CCSc3nc(N)cc(C(F)(F)F)n3)cc12. The Bertz CT molecular complexity index is 896. The lowest BCUT2D eigenvalue weighted by Crippen LogP contribution is -2.11. The number of aromatic nitrogens is 3. The number of nitrogens with two attached hydrogens (primary N) is 2. The van der Waals surface area contributed by atoms with Crippen LogP contribution >= 0.6 is 11.8 Å². The van der Waals surface area contributed by atoms with Gasteiger partial charge in [-0.1, -0.05) is 11.8 Å². The molecule has 4 N–H and O–H groups in total. The molecule has 3 aromatic heterocycles. The topological polar surface area (TPSA) is 104 Å². The van der Waals surface area contributed by atoms with Crippen LogP contribution in [0.2, 0.25) is 0 Å². The fraction of sp³-hybridized carbons (Fsp3) is 0.267. The molecule has 0 saturated carbocycles. The van der Waals surface area contributed by atoms with Gasteiger partial charge in [-0.05, 0) is 12.5 Å². The summed E-state index contributed by atoms with van der Waals surface area (Å²) in [5.41, 5.74) is 12.3. The molecular weight excluding hydrogens is 355 g/mol. The fourth-order valence-electron chi connectivity index (χ4n) is 2.22. The molecule has 0 aliphatic carbocycles. The molecule has 6 nitrogen and oxygen atoms in total. The molecule has 132 valence electrons. The van der Waals surface area contributed by atoms with E-state index in [-0.39, 0.29) is 11.0 Å². The minimum Gasteiger partial charge on any atom is -0.462 e. The van der Waals surface area contributed by atoms with E-state index in [0.29, 0.717) is 30.4 Å². The van der Waals surface area contributed by atoms with Gasteiger partial charge in [0, 0.05) is 35.0 Å². The minimum atomic E-state index is -4.56. The van der Waals surface area contributed by atoms with Crippen LogP contribution < -0.4 is 11.5 Å². The van der Waals surface area contributed by atoms with Gasteiger partial charge in [0.15, 0.2) is 16.4 Å². The Morgan fingerprint density at radius 2 is 2.00 bits per heavy atom. The van der Waals surface area contributed by atoms with Crippen LogP contribution in [0.15, 0.2) is 34.2 Å². The van der Waals surface area contributed by atoms with E-state index in [2.05, 4.69) is 15.0 Å². The van der Waals surface area contributed by atoms with Crippen molar-refractivity contribution in [1.29, 1.82) is 0 Å². The first kappa shape index (κ1) is 17.5. The van der Waals surface area contributed by atoms with E-state index in [9.17, 15) is 13.2 Å². The summed E-state index contributed by atoms with van der Waals surface area (Å²) >= 11 is 1.09. The smallest absolute Gasteiger partial charge is 0.433 e. The number of thioether (sulfide) groups is 1. The summed E-state index contributed by atoms with van der Waals surface area (Å²) in [6.07, 6.45) is -0.842. The lowest BCUT2D eigenvalue weighted by atomic mass is 10.1. The maximum Gasteiger partial charge on any atom is 0.433 e. The summed E-state index contributed by atoms with van der Waals surface area (Å²) in [4.78, 5) is 11.6. The lowest BCUT2D eigenvalue weighted by molar-refractivity contribution is -0.141. The van der Waals surface area contributed by atoms with Crippen LogP contribution in [-0.2, 0) is 19.1 Å². The number of nitrogens with zero attached hydrogens (tertiary/aromatic N) is 3. The van der Waals surface area contributed by atoms with Gasteiger partial charge in [0.05, 0.1) is 12.5 Å². The molecule has 0 unspecified atom stereocenters. The van der Waals surface area contributed by atoms with E-state index >= 15 is 0 Å². The first-order chi connectivity index (χ1) is 11.9. The average molecular weight is 369 g/mol. The number of hydrogen-bond acceptors (Lipinski definition) is 7. The van der Waals surface area contributed by atoms with E-state index in [0.717, 1.165) is 28.4 Å². The molecule has 0 spiro atoms. The van der Waals surface area contributed by atoms with Crippen LogP contribution in [0.5, 0.6) is 0 Å². The Morgan fingerprint density at radius 1 is 1.20 bits per heavy atom. The molecule has 0 atom stereocenters. The van der Waals surface area contributed by atoms with Gasteiger partial charge in [0.1, 0.15) is 5.82 Å². The number of nitrogen functional groups attached to an aromatic ring is 1. The standard InChI is InChI=1S/C15H14F3N5OS/c16-15(17,18)12-4-13(20)23-14(22-12)25-2-1-9-3-10-8(5-19)7-24-11(10)6-21-9/h3-4,6-7H,1-2,5,19H2,(H2,20,22,23). The molecule has 25 heavy (non-hydrogen) atoms. The van der Waals surface area contributed by atoms with Crippen molar-refractivity contribution in [1.82, 2.24) is 15.0 Å². The van der Waals surface area contributed by atoms with Crippen molar-refractivity contribution in [2.75, 3.05) is 11.5 Å². The number of hydrogen-bond donors (Lipinski definition) is 2. The number of rotatable bonds is 5. The van der Waals surface area contributed by atoms with E-state index in [4.69, 9.17) is 15.9 Å². The summed E-state index contributed by atoms with van der Waals surface area (Å²) < 4.78 is 43.6. The molecule has 0 saturated heterocycles.